The van der Waals surface area contributed by atoms with Gasteiger partial charge in [0.05, 0.1) is 11.1 Å². The summed E-state index contributed by atoms with van der Waals surface area (Å²) in [5, 5.41) is 18.9. The van der Waals surface area contributed by atoms with E-state index in [0.717, 1.165) is 6.08 Å². The zero-order chi connectivity index (χ0) is 14.5. The largest absolute Gasteiger partial charge is 0.507 e. The van der Waals surface area contributed by atoms with Crippen molar-refractivity contribution in [3.63, 3.8) is 0 Å². The van der Waals surface area contributed by atoms with Gasteiger partial charge in [0.15, 0.2) is 11.5 Å². The Morgan fingerprint density at radius 2 is 2.15 bits per heavy atom. The number of ketones is 2. The normalized spacial score (nSPS) is 24.1. The highest BCUT2D eigenvalue weighted by atomic mass is 35.5. The second-order valence-corrected chi connectivity index (χ2v) is 5.05. The van der Waals surface area contributed by atoms with Crippen molar-refractivity contribution in [2.45, 2.75) is 18.4 Å². The molecule has 0 saturated carbocycles. The maximum Gasteiger partial charge on any atom is 0.228 e. The predicted molar refractivity (Wildman–Crippen MR) is 68.8 cm³/mol. The number of rotatable bonds is 0. The van der Waals surface area contributed by atoms with Crippen LogP contribution in [0.2, 0.25) is 5.02 Å². The highest BCUT2D eigenvalue weighted by molar-refractivity contribution is 6.34. The lowest BCUT2D eigenvalue weighted by Gasteiger charge is -2.28. The number of carbonyl (C=O) groups is 2. The highest BCUT2D eigenvalue weighted by Crippen LogP contribution is 2.46. The van der Waals surface area contributed by atoms with E-state index in [0.29, 0.717) is 0 Å². The van der Waals surface area contributed by atoms with Crippen LogP contribution in [0.3, 0.4) is 0 Å². The molecule has 0 amide bonds. The van der Waals surface area contributed by atoms with Gasteiger partial charge in [0.1, 0.15) is 16.9 Å². The van der Waals surface area contributed by atoms with E-state index < -0.39 is 17.1 Å². The van der Waals surface area contributed by atoms with E-state index in [-0.39, 0.29) is 40.5 Å². The molecule has 6 heteroatoms. The molecule has 0 aromatic heterocycles. The molecule has 1 aliphatic carbocycles. The van der Waals surface area contributed by atoms with E-state index in [1.165, 1.54) is 12.1 Å². The van der Waals surface area contributed by atoms with Gasteiger partial charge in [-0.05, 0) is 12.1 Å². The summed E-state index contributed by atoms with van der Waals surface area (Å²) in [6.45, 7) is 0. The van der Waals surface area contributed by atoms with Crippen LogP contribution in [0.15, 0.2) is 24.0 Å². The SMILES string of the molecule is N#Cc1ccc2c(c1Cl)O[C@]1(CCC(=O)C=C1O)C2=O. The number of halogens is 1. The average molecular weight is 290 g/mol. The Morgan fingerprint density at radius 1 is 1.40 bits per heavy atom. The molecule has 1 heterocycles. The molecule has 0 radical (unpaired) electrons. The number of nitrogens with zero attached hydrogens (tertiary/aromatic N) is 1. The van der Waals surface area contributed by atoms with Crippen molar-refractivity contribution >= 4 is 23.2 Å². The topological polar surface area (TPSA) is 87.4 Å². The average Bonchev–Trinajstić information content (AvgIpc) is 2.71. The summed E-state index contributed by atoms with van der Waals surface area (Å²) in [5.41, 5.74) is -1.18. The van der Waals surface area contributed by atoms with Crippen molar-refractivity contribution in [2.24, 2.45) is 0 Å². The van der Waals surface area contributed by atoms with Gasteiger partial charge < -0.3 is 9.84 Å². The van der Waals surface area contributed by atoms with E-state index in [9.17, 15) is 14.7 Å². The first-order valence-electron chi connectivity index (χ1n) is 5.90. The Morgan fingerprint density at radius 3 is 2.80 bits per heavy atom. The van der Waals surface area contributed by atoms with Crippen LogP contribution >= 0.6 is 11.6 Å². The first-order chi connectivity index (χ1) is 9.49. The number of hydrogen-bond donors (Lipinski definition) is 1. The maximum atomic E-state index is 12.5. The minimum absolute atomic E-state index is 0.0416. The monoisotopic (exact) mass is 289 g/mol. The number of nitriles is 1. The molecule has 1 spiro atoms. The number of benzene rings is 1. The molecule has 0 fully saturated rings. The summed E-state index contributed by atoms with van der Waals surface area (Å²) in [5.74, 6) is -1.03. The molecule has 0 unspecified atom stereocenters. The van der Waals surface area contributed by atoms with Gasteiger partial charge in [-0.15, -0.1) is 0 Å². The molecule has 0 saturated heterocycles. The number of hydrogen-bond acceptors (Lipinski definition) is 5. The summed E-state index contributed by atoms with van der Waals surface area (Å²) in [6, 6.07) is 4.77. The predicted octanol–water partition coefficient (Wildman–Crippen LogP) is 2.33. The van der Waals surface area contributed by atoms with Crippen molar-refractivity contribution in [3.05, 3.63) is 40.1 Å². The quantitative estimate of drug-likeness (QED) is 0.792. The second-order valence-electron chi connectivity index (χ2n) is 4.67. The summed E-state index contributed by atoms with van der Waals surface area (Å²) in [7, 11) is 0. The van der Waals surface area contributed by atoms with Gasteiger partial charge in [0, 0.05) is 18.9 Å². The van der Waals surface area contributed by atoms with Gasteiger partial charge in [-0.3, -0.25) is 9.59 Å². The lowest BCUT2D eigenvalue weighted by molar-refractivity contribution is -0.116. The molecule has 5 nitrogen and oxygen atoms in total. The molecule has 1 aromatic carbocycles. The number of ether oxygens (including phenoxy) is 1. The molecule has 100 valence electrons. The van der Waals surface area contributed by atoms with Crippen LogP contribution < -0.4 is 4.74 Å². The zero-order valence-electron chi connectivity index (χ0n) is 10.1. The summed E-state index contributed by atoms with van der Waals surface area (Å²) >= 11 is 6.03. The lowest BCUT2D eigenvalue weighted by Crippen LogP contribution is -2.44. The number of carbonyl (C=O) groups excluding carboxylic acids is 2. The van der Waals surface area contributed by atoms with Crippen molar-refractivity contribution in [1.29, 1.82) is 5.26 Å². The molecule has 3 rings (SSSR count). The van der Waals surface area contributed by atoms with Crippen molar-refractivity contribution in [1.82, 2.24) is 0 Å². The molecule has 0 bridgehead atoms. The first kappa shape index (κ1) is 12.7. The molecular formula is C14H8ClNO4. The van der Waals surface area contributed by atoms with E-state index in [4.69, 9.17) is 21.6 Å². The molecule has 2 aliphatic rings. The third-order valence-electron chi connectivity index (χ3n) is 3.54. The third kappa shape index (κ3) is 1.49. The fourth-order valence-corrected chi connectivity index (χ4v) is 2.71. The van der Waals surface area contributed by atoms with Gasteiger partial charge in [-0.25, -0.2) is 0 Å². The summed E-state index contributed by atoms with van der Waals surface area (Å²) < 4.78 is 5.58. The minimum Gasteiger partial charge on any atom is -0.507 e. The first-order valence-corrected chi connectivity index (χ1v) is 6.28. The van der Waals surface area contributed by atoms with Crippen LogP contribution in [-0.4, -0.2) is 22.3 Å². The standard InChI is InChI=1S/C14H8ClNO4/c15-11-7(6-16)1-2-9-12(11)20-14(13(9)19)4-3-8(17)5-10(14)18/h1-2,5,18H,3-4H2/t14-/m0/s1. The van der Waals surface area contributed by atoms with Gasteiger partial charge in [-0.1, -0.05) is 11.6 Å². The minimum atomic E-state index is -1.58. The van der Waals surface area contributed by atoms with Crippen LogP contribution in [-0.2, 0) is 4.79 Å². The molecular weight excluding hydrogens is 282 g/mol. The molecule has 1 aliphatic heterocycles. The highest BCUT2D eigenvalue weighted by Gasteiger charge is 2.54. The molecule has 1 aromatic rings. The maximum absolute atomic E-state index is 12.5. The van der Waals surface area contributed by atoms with Crippen LogP contribution in [0.5, 0.6) is 5.75 Å². The van der Waals surface area contributed by atoms with E-state index in [2.05, 4.69) is 0 Å². The Bertz CT molecular complexity index is 731. The molecule has 20 heavy (non-hydrogen) atoms. The van der Waals surface area contributed by atoms with Gasteiger partial charge in [0.25, 0.3) is 0 Å². The zero-order valence-corrected chi connectivity index (χ0v) is 10.9. The number of aliphatic hydroxyl groups excluding tert-OH is 1. The van der Waals surface area contributed by atoms with Crippen LogP contribution in [0.1, 0.15) is 28.8 Å². The van der Waals surface area contributed by atoms with E-state index in [1.807, 2.05) is 6.07 Å². The lowest BCUT2D eigenvalue weighted by atomic mass is 9.84. The number of allylic oxidation sites excluding steroid dienone is 1. The van der Waals surface area contributed by atoms with Crippen molar-refractivity contribution < 1.29 is 19.4 Å². The van der Waals surface area contributed by atoms with Crippen molar-refractivity contribution in [2.75, 3.05) is 0 Å². The molecule has 1 atom stereocenters. The van der Waals surface area contributed by atoms with Crippen LogP contribution in [0, 0.1) is 11.3 Å². The van der Waals surface area contributed by atoms with E-state index in [1.54, 1.807) is 0 Å². The Kier molecular flexibility index (Phi) is 2.59. The Hall–Kier alpha value is -2.32. The number of aliphatic hydroxyl groups is 1. The van der Waals surface area contributed by atoms with Gasteiger partial charge in [0.2, 0.25) is 11.4 Å². The van der Waals surface area contributed by atoms with Crippen LogP contribution in [0.4, 0.5) is 0 Å². The third-order valence-corrected chi connectivity index (χ3v) is 3.92. The molecule has 1 N–H and O–H groups in total. The Labute approximate surface area is 119 Å². The number of fused-ring (bicyclic) bond motifs is 1. The smallest absolute Gasteiger partial charge is 0.228 e. The summed E-state index contributed by atoms with van der Waals surface area (Å²) in [4.78, 5) is 23.8. The number of Topliss-reactive ketones (excluding diaryl/α,β-unsaturated/α-hetero) is 1. The second kappa shape index (κ2) is 4.09. The van der Waals surface area contributed by atoms with E-state index >= 15 is 0 Å². The van der Waals surface area contributed by atoms with Crippen molar-refractivity contribution in [3.8, 4) is 11.8 Å². The van der Waals surface area contributed by atoms with Crippen LogP contribution in [0.25, 0.3) is 0 Å². The fourth-order valence-electron chi connectivity index (χ4n) is 2.46. The fraction of sp³-hybridized carbons (Fsp3) is 0.214. The van der Waals surface area contributed by atoms with Gasteiger partial charge >= 0.3 is 0 Å². The Balaban J connectivity index is 2.17. The summed E-state index contributed by atoms with van der Waals surface area (Å²) in [6.07, 6.45) is 1.17. The van der Waals surface area contributed by atoms with Gasteiger partial charge in [-0.2, -0.15) is 5.26 Å².